The summed E-state index contributed by atoms with van der Waals surface area (Å²) in [6, 6.07) is 7.20. The monoisotopic (exact) mass is 335 g/mol. The third-order valence-corrected chi connectivity index (χ3v) is 4.97. The van der Waals surface area contributed by atoms with Gasteiger partial charge in [-0.3, -0.25) is 4.79 Å². The first-order chi connectivity index (χ1) is 11.7. The van der Waals surface area contributed by atoms with Gasteiger partial charge in [-0.25, -0.2) is 0 Å². The van der Waals surface area contributed by atoms with Crippen LogP contribution in [0, 0.1) is 0 Å². The average molecular weight is 335 g/mol. The fourth-order valence-corrected chi connectivity index (χ4v) is 3.54. The summed E-state index contributed by atoms with van der Waals surface area (Å²) in [6.45, 7) is 2.05. The second-order valence-electron chi connectivity index (χ2n) is 6.30. The van der Waals surface area contributed by atoms with Gasteiger partial charge in [0.25, 0.3) is 5.91 Å². The highest BCUT2D eigenvalue weighted by Crippen LogP contribution is 2.37. The number of rotatable bonds is 5. The number of ether oxygens (including phenoxy) is 4. The van der Waals surface area contributed by atoms with Crippen molar-refractivity contribution < 1.29 is 23.7 Å². The van der Waals surface area contributed by atoms with E-state index in [1.54, 1.807) is 26.4 Å². The van der Waals surface area contributed by atoms with E-state index in [2.05, 4.69) is 0 Å². The van der Waals surface area contributed by atoms with Gasteiger partial charge in [-0.05, 0) is 43.5 Å². The Labute approximate surface area is 142 Å². The average Bonchev–Trinajstić information content (AvgIpc) is 3.09. The number of likely N-dealkylation sites (tertiary alicyclic amines) is 1. The molecular weight excluding hydrogens is 310 g/mol. The van der Waals surface area contributed by atoms with Crippen molar-refractivity contribution in [2.45, 2.75) is 31.0 Å². The van der Waals surface area contributed by atoms with E-state index in [0.29, 0.717) is 18.8 Å². The maximum absolute atomic E-state index is 12.4. The number of hydrogen-bond acceptors (Lipinski definition) is 5. The van der Waals surface area contributed by atoms with Crippen LogP contribution in [0.2, 0.25) is 0 Å². The first-order valence-electron chi connectivity index (χ1n) is 8.38. The van der Waals surface area contributed by atoms with Gasteiger partial charge in [-0.1, -0.05) is 0 Å². The van der Waals surface area contributed by atoms with Gasteiger partial charge in [0.15, 0.2) is 6.61 Å². The van der Waals surface area contributed by atoms with Crippen LogP contribution in [0.3, 0.4) is 0 Å². The molecule has 0 aromatic heterocycles. The van der Waals surface area contributed by atoms with E-state index < -0.39 is 0 Å². The molecule has 0 saturated carbocycles. The number of nitrogens with zero attached hydrogens (tertiary/aromatic N) is 1. The summed E-state index contributed by atoms with van der Waals surface area (Å²) in [5.74, 6) is 1.38. The molecule has 0 N–H and O–H groups in total. The SMILES string of the molecule is COc1ccc(OCC(=O)N2CC[C@@]3(CCCO3)[C@@H](OC)C2)cc1. The largest absolute Gasteiger partial charge is 0.497 e. The molecule has 2 fully saturated rings. The molecule has 0 aliphatic carbocycles. The van der Waals surface area contributed by atoms with Gasteiger partial charge >= 0.3 is 0 Å². The van der Waals surface area contributed by atoms with Crippen molar-refractivity contribution >= 4 is 5.91 Å². The Balaban J connectivity index is 1.53. The lowest BCUT2D eigenvalue weighted by molar-refractivity contribution is -0.159. The highest BCUT2D eigenvalue weighted by atomic mass is 16.6. The fourth-order valence-electron chi connectivity index (χ4n) is 3.54. The van der Waals surface area contributed by atoms with Crippen molar-refractivity contribution in [3.05, 3.63) is 24.3 Å². The highest BCUT2D eigenvalue weighted by molar-refractivity contribution is 5.78. The number of piperidine rings is 1. The molecule has 6 heteroatoms. The minimum atomic E-state index is -0.206. The first kappa shape index (κ1) is 17.0. The molecule has 2 aliphatic heterocycles. The van der Waals surface area contributed by atoms with Crippen LogP contribution in [0.5, 0.6) is 11.5 Å². The van der Waals surface area contributed by atoms with E-state index in [9.17, 15) is 4.79 Å². The molecule has 2 heterocycles. The van der Waals surface area contributed by atoms with Crippen molar-refractivity contribution in [3.8, 4) is 11.5 Å². The van der Waals surface area contributed by atoms with E-state index in [-0.39, 0.29) is 24.2 Å². The Morgan fingerprint density at radius 1 is 1.25 bits per heavy atom. The second kappa shape index (κ2) is 7.40. The van der Waals surface area contributed by atoms with E-state index >= 15 is 0 Å². The predicted octanol–water partition coefficient (Wildman–Crippen LogP) is 1.87. The zero-order valence-corrected chi connectivity index (χ0v) is 14.3. The van der Waals surface area contributed by atoms with Crippen LogP contribution < -0.4 is 9.47 Å². The molecule has 0 unspecified atom stereocenters. The molecule has 2 saturated heterocycles. The van der Waals surface area contributed by atoms with E-state index in [0.717, 1.165) is 31.6 Å². The van der Waals surface area contributed by atoms with Crippen molar-refractivity contribution in [2.24, 2.45) is 0 Å². The molecule has 2 atom stereocenters. The summed E-state index contributed by atoms with van der Waals surface area (Å²) < 4.78 is 22.3. The van der Waals surface area contributed by atoms with Gasteiger partial charge in [0, 0.05) is 26.8 Å². The molecule has 0 bridgehead atoms. The Morgan fingerprint density at radius 2 is 2.00 bits per heavy atom. The lowest BCUT2D eigenvalue weighted by Gasteiger charge is -2.44. The zero-order valence-electron chi connectivity index (χ0n) is 14.3. The molecule has 1 aromatic rings. The number of carbonyl (C=O) groups is 1. The van der Waals surface area contributed by atoms with Crippen molar-refractivity contribution in [1.82, 2.24) is 4.90 Å². The maximum atomic E-state index is 12.4. The summed E-state index contributed by atoms with van der Waals surface area (Å²) in [4.78, 5) is 14.2. The normalized spacial score (nSPS) is 26.6. The molecule has 1 spiro atoms. The Hall–Kier alpha value is -1.79. The van der Waals surface area contributed by atoms with Crippen LogP contribution in [-0.4, -0.2) is 63.0 Å². The number of hydrogen-bond donors (Lipinski definition) is 0. The van der Waals surface area contributed by atoms with Crippen molar-refractivity contribution in [2.75, 3.05) is 40.5 Å². The molecule has 132 valence electrons. The summed E-state index contributed by atoms with van der Waals surface area (Å²) >= 11 is 0. The van der Waals surface area contributed by atoms with Crippen LogP contribution in [0.15, 0.2) is 24.3 Å². The quantitative estimate of drug-likeness (QED) is 0.822. The van der Waals surface area contributed by atoms with Crippen molar-refractivity contribution in [1.29, 1.82) is 0 Å². The molecule has 24 heavy (non-hydrogen) atoms. The van der Waals surface area contributed by atoms with Crippen LogP contribution in [-0.2, 0) is 14.3 Å². The minimum Gasteiger partial charge on any atom is -0.497 e. The molecule has 6 nitrogen and oxygen atoms in total. The first-order valence-corrected chi connectivity index (χ1v) is 8.38. The Morgan fingerprint density at radius 3 is 2.62 bits per heavy atom. The van der Waals surface area contributed by atoms with Gasteiger partial charge in [-0.15, -0.1) is 0 Å². The van der Waals surface area contributed by atoms with Gasteiger partial charge in [0.1, 0.15) is 17.6 Å². The Bertz CT molecular complexity index is 553. The molecule has 3 rings (SSSR count). The topological polar surface area (TPSA) is 57.2 Å². The number of carbonyl (C=O) groups excluding carboxylic acids is 1. The van der Waals surface area contributed by atoms with Crippen LogP contribution in [0.25, 0.3) is 0 Å². The lowest BCUT2D eigenvalue weighted by atomic mass is 9.86. The second-order valence-corrected chi connectivity index (χ2v) is 6.30. The lowest BCUT2D eigenvalue weighted by Crippen LogP contribution is -2.57. The maximum Gasteiger partial charge on any atom is 0.260 e. The summed E-state index contributed by atoms with van der Waals surface area (Å²) in [7, 11) is 3.30. The van der Waals surface area contributed by atoms with Crippen molar-refractivity contribution in [3.63, 3.8) is 0 Å². The van der Waals surface area contributed by atoms with Gasteiger partial charge in [0.05, 0.1) is 12.7 Å². The highest BCUT2D eigenvalue weighted by Gasteiger charge is 2.47. The van der Waals surface area contributed by atoms with E-state index in [4.69, 9.17) is 18.9 Å². The summed E-state index contributed by atoms with van der Waals surface area (Å²) in [5, 5.41) is 0. The van der Waals surface area contributed by atoms with Crippen LogP contribution in [0.4, 0.5) is 0 Å². The zero-order chi connectivity index (χ0) is 17.0. The standard InChI is InChI=1S/C18H25NO5/c1-21-14-4-6-15(7-5-14)23-13-17(20)19-10-9-18(8-3-11-24-18)16(12-19)22-2/h4-7,16H,3,8-13H2,1-2H3/t16-,18-/m0/s1. The van der Waals surface area contributed by atoms with E-state index in [1.807, 2.05) is 17.0 Å². The van der Waals surface area contributed by atoms with Crippen LogP contribution >= 0.6 is 0 Å². The number of amides is 1. The molecule has 2 aliphatic rings. The summed E-state index contributed by atoms with van der Waals surface area (Å²) in [6.07, 6.45) is 2.82. The number of benzene rings is 1. The van der Waals surface area contributed by atoms with Gasteiger partial charge in [0.2, 0.25) is 0 Å². The minimum absolute atomic E-state index is 0.0244. The smallest absolute Gasteiger partial charge is 0.260 e. The molecule has 0 radical (unpaired) electrons. The molecule has 1 amide bonds. The third kappa shape index (κ3) is 3.49. The number of methoxy groups -OCH3 is 2. The molecular formula is C18H25NO5. The van der Waals surface area contributed by atoms with Gasteiger partial charge < -0.3 is 23.8 Å². The van der Waals surface area contributed by atoms with Gasteiger partial charge in [-0.2, -0.15) is 0 Å². The fraction of sp³-hybridized carbons (Fsp3) is 0.611. The van der Waals surface area contributed by atoms with E-state index in [1.165, 1.54) is 0 Å². The molecule has 1 aromatic carbocycles. The predicted molar refractivity (Wildman–Crippen MR) is 88.4 cm³/mol. The van der Waals surface area contributed by atoms with Crippen LogP contribution in [0.1, 0.15) is 19.3 Å². The summed E-state index contributed by atoms with van der Waals surface area (Å²) in [5.41, 5.74) is -0.206. The Kier molecular flexibility index (Phi) is 5.26. The third-order valence-electron chi connectivity index (χ3n) is 4.97.